The van der Waals surface area contributed by atoms with Gasteiger partial charge in [0.05, 0.1) is 12.6 Å². The standard InChI is InChI=1S/C12H21NO3/c1-8(2)9(7-14)13-10(15)5-12(3,4)6-11(13)16/h8-9,14H,5-7H2,1-4H3/t9-/m0/s1. The highest BCUT2D eigenvalue weighted by atomic mass is 16.3. The molecule has 1 saturated heterocycles. The minimum absolute atomic E-state index is 0.0825. The first kappa shape index (κ1) is 13.2. The van der Waals surface area contributed by atoms with E-state index in [-0.39, 0.29) is 35.8 Å². The Balaban J connectivity index is 2.89. The van der Waals surface area contributed by atoms with Crippen LogP contribution in [0.3, 0.4) is 0 Å². The van der Waals surface area contributed by atoms with Gasteiger partial charge < -0.3 is 5.11 Å². The van der Waals surface area contributed by atoms with E-state index >= 15 is 0 Å². The van der Waals surface area contributed by atoms with Gasteiger partial charge in [-0.3, -0.25) is 14.5 Å². The number of nitrogens with zero attached hydrogens (tertiary/aromatic N) is 1. The number of carbonyl (C=O) groups is 2. The Morgan fingerprint density at radius 3 is 2.00 bits per heavy atom. The zero-order valence-corrected chi connectivity index (χ0v) is 10.5. The van der Waals surface area contributed by atoms with Gasteiger partial charge in [0.15, 0.2) is 0 Å². The molecule has 0 aromatic heterocycles. The third-order valence-corrected chi connectivity index (χ3v) is 3.09. The molecule has 0 aliphatic carbocycles. The molecular formula is C12H21NO3. The molecule has 2 amide bonds. The van der Waals surface area contributed by atoms with Crippen molar-refractivity contribution in [1.29, 1.82) is 0 Å². The fourth-order valence-corrected chi connectivity index (χ4v) is 2.15. The van der Waals surface area contributed by atoms with Crippen molar-refractivity contribution in [3.63, 3.8) is 0 Å². The van der Waals surface area contributed by atoms with E-state index in [0.717, 1.165) is 0 Å². The maximum Gasteiger partial charge on any atom is 0.230 e. The van der Waals surface area contributed by atoms with Crippen molar-refractivity contribution in [1.82, 2.24) is 4.90 Å². The molecule has 1 rings (SSSR count). The molecule has 92 valence electrons. The zero-order valence-electron chi connectivity index (χ0n) is 10.5. The molecule has 1 fully saturated rings. The van der Waals surface area contributed by atoms with E-state index in [1.807, 2.05) is 27.7 Å². The Labute approximate surface area is 96.6 Å². The minimum Gasteiger partial charge on any atom is -0.394 e. The SMILES string of the molecule is CC(C)[C@H](CO)N1C(=O)CC(C)(C)CC1=O. The van der Waals surface area contributed by atoms with Crippen molar-refractivity contribution in [2.45, 2.75) is 46.6 Å². The molecule has 0 spiro atoms. The monoisotopic (exact) mass is 227 g/mol. The molecule has 1 atom stereocenters. The first-order valence-electron chi connectivity index (χ1n) is 5.74. The van der Waals surface area contributed by atoms with Gasteiger partial charge in [-0.2, -0.15) is 0 Å². The summed E-state index contributed by atoms with van der Waals surface area (Å²) in [4.78, 5) is 25.1. The summed E-state index contributed by atoms with van der Waals surface area (Å²) >= 11 is 0. The average Bonchev–Trinajstić information content (AvgIpc) is 2.08. The third kappa shape index (κ3) is 2.61. The number of aliphatic hydroxyl groups excluding tert-OH is 1. The number of piperidine rings is 1. The summed E-state index contributed by atoms with van der Waals surface area (Å²) < 4.78 is 0. The summed E-state index contributed by atoms with van der Waals surface area (Å²) in [5.41, 5.74) is -0.248. The van der Waals surface area contributed by atoms with E-state index in [1.54, 1.807) is 0 Å². The lowest BCUT2D eigenvalue weighted by Gasteiger charge is -2.39. The highest BCUT2D eigenvalue weighted by Gasteiger charge is 2.41. The maximum atomic E-state index is 11.9. The quantitative estimate of drug-likeness (QED) is 0.736. The zero-order chi connectivity index (χ0) is 12.5. The highest BCUT2D eigenvalue weighted by molar-refractivity contribution is 5.98. The lowest BCUT2D eigenvalue weighted by molar-refractivity contribution is -0.157. The van der Waals surface area contributed by atoms with E-state index in [1.165, 1.54) is 4.90 Å². The molecule has 1 aliphatic rings. The van der Waals surface area contributed by atoms with Crippen LogP contribution in [0.4, 0.5) is 0 Å². The van der Waals surface area contributed by atoms with Crippen LogP contribution in [0.5, 0.6) is 0 Å². The van der Waals surface area contributed by atoms with E-state index in [9.17, 15) is 14.7 Å². The van der Waals surface area contributed by atoms with Crippen LogP contribution in [0.25, 0.3) is 0 Å². The second-order valence-corrected chi connectivity index (χ2v) is 5.67. The number of aliphatic hydroxyl groups is 1. The van der Waals surface area contributed by atoms with E-state index in [0.29, 0.717) is 12.8 Å². The number of hydrogen-bond donors (Lipinski definition) is 1. The molecule has 0 aromatic rings. The Hall–Kier alpha value is -0.900. The molecule has 4 heteroatoms. The molecular weight excluding hydrogens is 206 g/mol. The van der Waals surface area contributed by atoms with Crippen LogP contribution in [0.15, 0.2) is 0 Å². The molecule has 0 radical (unpaired) electrons. The number of likely N-dealkylation sites (tertiary alicyclic amines) is 1. The van der Waals surface area contributed by atoms with E-state index < -0.39 is 0 Å². The van der Waals surface area contributed by atoms with Crippen LogP contribution in [0.1, 0.15) is 40.5 Å². The molecule has 1 heterocycles. The predicted molar refractivity (Wildman–Crippen MR) is 60.6 cm³/mol. The number of rotatable bonds is 3. The second-order valence-electron chi connectivity index (χ2n) is 5.67. The van der Waals surface area contributed by atoms with E-state index in [4.69, 9.17) is 0 Å². The van der Waals surface area contributed by atoms with E-state index in [2.05, 4.69) is 0 Å². The van der Waals surface area contributed by atoms with Gasteiger partial charge in [-0.1, -0.05) is 27.7 Å². The first-order valence-corrected chi connectivity index (χ1v) is 5.74. The van der Waals surface area contributed by atoms with Crippen molar-refractivity contribution in [3.05, 3.63) is 0 Å². The lowest BCUT2D eigenvalue weighted by atomic mass is 9.81. The van der Waals surface area contributed by atoms with Crippen LogP contribution in [-0.2, 0) is 9.59 Å². The molecule has 0 aromatic carbocycles. The average molecular weight is 227 g/mol. The van der Waals surface area contributed by atoms with Gasteiger partial charge in [-0.25, -0.2) is 0 Å². The summed E-state index contributed by atoms with van der Waals surface area (Å²) in [5, 5.41) is 9.27. The highest BCUT2D eigenvalue weighted by Crippen LogP contribution is 2.33. The van der Waals surface area contributed by atoms with Gasteiger partial charge in [0, 0.05) is 12.8 Å². The maximum absolute atomic E-state index is 11.9. The Morgan fingerprint density at radius 1 is 1.25 bits per heavy atom. The normalized spacial score (nSPS) is 22.8. The molecule has 1 aliphatic heterocycles. The number of imide groups is 1. The summed E-state index contributed by atoms with van der Waals surface area (Å²) in [5.74, 6) is -0.234. The summed E-state index contributed by atoms with van der Waals surface area (Å²) in [6.07, 6.45) is 0.754. The predicted octanol–water partition coefficient (Wildman–Crippen LogP) is 1.18. The van der Waals surface area contributed by atoms with Crippen molar-refractivity contribution in [3.8, 4) is 0 Å². The Morgan fingerprint density at radius 2 is 1.69 bits per heavy atom. The van der Waals surface area contributed by atoms with Gasteiger partial charge in [-0.15, -0.1) is 0 Å². The summed E-state index contributed by atoms with van der Waals surface area (Å²) in [7, 11) is 0. The van der Waals surface area contributed by atoms with Crippen LogP contribution in [0.2, 0.25) is 0 Å². The number of hydrogen-bond acceptors (Lipinski definition) is 3. The lowest BCUT2D eigenvalue weighted by Crippen LogP contribution is -2.54. The van der Waals surface area contributed by atoms with Crippen molar-refractivity contribution >= 4 is 11.8 Å². The molecule has 4 nitrogen and oxygen atoms in total. The summed E-state index contributed by atoms with van der Waals surface area (Å²) in [6.45, 7) is 7.49. The molecule has 1 N–H and O–H groups in total. The second kappa shape index (κ2) is 4.53. The van der Waals surface area contributed by atoms with Crippen molar-refractivity contribution in [2.75, 3.05) is 6.61 Å². The Kier molecular flexibility index (Phi) is 3.73. The summed E-state index contributed by atoms with van der Waals surface area (Å²) in [6, 6.07) is -0.379. The Bertz CT molecular complexity index is 277. The number of amides is 2. The largest absolute Gasteiger partial charge is 0.394 e. The fraction of sp³-hybridized carbons (Fsp3) is 0.833. The fourth-order valence-electron chi connectivity index (χ4n) is 2.15. The van der Waals surface area contributed by atoms with Crippen molar-refractivity contribution < 1.29 is 14.7 Å². The van der Waals surface area contributed by atoms with Crippen LogP contribution in [-0.4, -0.2) is 34.5 Å². The van der Waals surface area contributed by atoms with Crippen LogP contribution < -0.4 is 0 Å². The van der Waals surface area contributed by atoms with Gasteiger partial charge in [0.2, 0.25) is 11.8 Å². The van der Waals surface area contributed by atoms with Gasteiger partial charge in [-0.05, 0) is 11.3 Å². The minimum atomic E-state index is -0.379. The van der Waals surface area contributed by atoms with Gasteiger partial charge in [0.1, 0.15) is 0 Å². The van der Waals surface area contributed by atoms with Crippen molar-refractivity contribution in [2.24, 2.45) is 11.3 Å². The molecule has 0 saturated carbocycles. The molecule has 16 heavy (non-hydrogen) atoms. The molecule has 0 unspecified atom stereocenters. The van der Waals surface area contributed by atoms with Gasteiger partial charge >= 0.3 is 0 Å². The topological polar surface area (TPSA) is 57.6 Å². The third-order valence-electron chi connectivity index (χ3n) is 3.09. The van der Waals surface area contributed by atoms with Crippen LogP contribution >= 0.6 is 0 Å². The smallest absolute Gasteiger partial charge is 0.230 e. The first-order chi connectivity index (χ1) is 7.28. The number of carbonyl (C=O) groups excluding carboxylic acids is 2. The van der Waals surface area contributed by atoms with Crippen LogP contribution in [0, 0.1) is 11.3 Å². The van der Waals surface area contributed by atoms with Gasteiger partial charge in [0.25, 0.3) is 0 Å². The molecule has 0 bridgehead atoms.